The van der Waals surface area contributed by atoms with Crippen LogP contribution >= 0.6 is 11.6 Å². The van der Waals surface area contributed by atoms with Crippen LogP contribution in [0, 0.1) is 17.0 Å². The number of nitro groups is 1. The fourth-order valence-electron chi connectivity index (χ4n) is 2.04. The van der Waals surface area contributed by atoms with Gasteiger partial charge in [-0.1, -0.05) is 11.6 Å². The first kappa shape index (κ1) is 13.6. The number of nitro benzene ring substituents is 1. The number of hydrogen-bond donors (Lipinski definition) is 2. The molecule has 102 valence electrons. The molecule has 0 aromatic heterocycles. The first-order valence-electron chi connectivity index (χ1n) is 5.95. The van der Waals surface area contributed by atoms with E-state index in [1.54, 1.807) is 13.0 Å². The normalized spacial score (nSPS) is 18.8. The summed E-state index contributed by atoms with van der Waals surface area (Å²) in [6.07, 6.45) is 1.22. The molecule has 1 unspecified atom stereocenters. The van der Waals surface area contributed by atoms with Crippen molar-refractivity contribution in [3.8, 4) is 0 Å². The van der Waals surface area contributed by atoms with Crippen LogP contribution in [0.3, 0.4) is 0 Å². The molecule has 1 aromatic carbocycles. The minimum Gasteiger partial charge on any atom is -0.380 e. The summed E-state index contributed by atoms with van der Waals surface area (Å²) in [4.78, 5) is 21.3. The smallest absolute Gasteiger partial charge is 0.288 e. The van der Waals surface area contributed by atoms with E-state index in [0.717, 1.165) is 17.7 Å². The van der Waals surface area contributed by atoms with E-state index in [9.17, 15) is 14.9 Å². The second-order valence-electron chi connectivity index (χ2n) is 4.56. The maximum atomic E-state index is 11.1. The molecule has 1 amide bonds. The quantitative estimate of drug-likeness (QED) is 0.658. The van der Waals surface area contributed by atoms with Gasteiger partial charge in [-0.25, -0.2) is 0 Å². The van der Waals surface area contributed by atoms with Gasteiger partial charge in [-0.2, -0.15) is 0 Å². The Labute approximate surface area is 115 Å². The van der Waals surface area contributed by atoms with Gasteiger partial charge in [0.2, 0.25) is 5.91 Å². The lowest BCUT2D eigenvalue weighted by Gasteiger charge is -2.25. The van der Waals surface area contributed by atoms with Crippen molar-refractivity contribution in [1.82, 2.24) is 5.32 Å². The van der Waals surface area contributed by atoms with E-state index in [4.69, 9.17) is 11.6 Å². The van der Waals surface area contributed by atoms with Gasteiger partial charge < -0.3 is 10.6 Å². The Balaban J connectivity index is 2.15. The van der Waals surface area contributed by atoms with Crippen molar-refractivity contribution in [2.45, 2.75) is 25.8 Å². The van der Waals surface area contributed by atoms with Crippen molar-refractivity contribution < 1.29 is 9.72 Å². The van der Waals surface area contributed by atoms with Crippen LogP contribution in [0.25, 0.3) is 0 Å². The molecule has 0 bridgehead atoms. The van der Waals surface area contributed by atoms with Gasteiger partial charge in [0, 0.05) is 30.8 Å². The summed E-state index contributed by atoms with van der Waals surface area (Å²) in [6, 6.07) is 3.13. The molecule has 0 radical (unpaired) electrons. The van der Waals surface area contributed by atoms with Gasteiger partial charge in [0.15, 0.2) is 0 Å². The van der Waals surface area contributed by atoms with Crippen LogP contribution in [0.2, 0.25) is 5.02 Å². The van der Waals surface area contributed by atoms with Gasteiger partial charge >= 0.3 is 0 Å². The summed E-state index contributed by atoms with van der Waals surface area (Å²) in [6.45, 7) is 2.33. The zero-order valence-electron chi connectivity index (χ0n) is 10.4. The van der Waals surface area contributed by atoms with E-state index in [1.165, 1.54) is 6.07 Å². The number of hydrogen-bond acceptors (Lipinski definition) is 4. The zero-order chi connectivity index (χ0) is 14.0. The zero-order valence-corrected chi connectivity index (χ0v) is 11.2. The molecule has 1 atom stereocenters. The number of nitrogens with zero attached hydrogens (tertiary/aromatic N) is 1. The van der Waals surface area contributed by atoms with Crippen LogP contribution in [-0.2, 0) is 4.79 Å². The Morgan fingerprint density at radius 3 is 2.84 bits per heavy atom. The van der Waals surface area contributed by atoms with Crippen molar-refractivity contribution in [2.24, 2.45) is 0 Å². The van der Waals surface area contributed by atoms with Crippen molar-refractivity contribution in [2.75, 3.05) is 11.9 Å². The number of amides is 1. The highest BCUT2D eigenvalue weighted by Crippen LogP contribution is 2.31. The minimum atomic E-state index is -0.500. The van der Waals surface area contributed by atoms with E-state index < -0.39 is 4.92 Å². The molecule has 7 heteroatoms. The highest BCUT2D eigenvalue weighted by atomic mass is 35.5. The second kappa shape index (κ2) is 5.44. The number of carbonyl (C=O) groups excluding carboxylic acids is 1. The number of halogens is 1. The number of rotatable bonds is 3. The molecule has 19 heavy (non-hydrogen) atoms. The fourth-order valence-corrected chi connectivity index (χ4v) is 2.27. The Morgan fingerprint density at radius 1 is 1.53 bits per heavy atom. The molecule has 0 saturated carbocycles. The lowest BCUT2D eigenvalue weighted by atomic mass is 10.1. The van der Waals surface area contributed by atoms with Crippen LogP contribution in [0.15, 0.2) is 12.1 Å². The average Bonchev–Trinajstić information content (AvgIpc) is 2.35. The lowest BCUT2D eigenvalue weighted by Crippen LogP contribution is -2.41. The number of aryl methyl sites for hydroxylation is 1. The van der Waals surface area contributed by atoms with Crippen molar-refractivity contribution in [3.63, 3.8) is 0 Å². The molecule has 0 aliphatic carbocycles. The van der Waals surface area contributed by atoms with Gasteiger partial charge in [0.05, 0.1) is 4.92 Å². The van der Waals surface area contributed by atoms with E-state index in [0.29, 0.717) is 13.0 Å². The van der Waals surface area contributed by atoms with E-state index in [-0.39, 0.29) is 22.7 Å². The molecule has 1 aliphatic rings. The molecule has 6 nitrogen and oxygen atoms in total. The van der Waals surface area contributed by atoms with Crippen LogP contribution < -0.4 is 10.6 Å². The van der Waals surface area contributed by atoms with Crippen molar-refractivity contribution >= 4 is 28.9 Å². The number of benzene rings is 1. The Morgan fingerprint density at radius 2 is 2.26 bits per heavy atom. The van der Waals surface area contributed by atoms with Crippen LogP contribution in [-0.4, -0.2) is 23.4 Å². The Kier molecular flexibility index (Phi) is 3.90. The SMILES string of the molecule is Cc1cc([N+](=O)[O-])c(Cl)cc1NC1CCC(=O)NC1. The number of nitrogens with one attached hydrogen (secondary N) is 2. The molecule has 2 rings (SSSR count). The van der Waals surface area contributed by atoms with Crippen molar-refractivity contribution in [1.29, 1.82) is 0 Å². The largest absolute Gasteiger partial charge is 0.380 e. The monoisotopic (exact) mass is 283 g/mol. The third kappa shape index (κ3) is 3.14. The van der Waals surface area contributed by atoms with Crippen LogP contribution in [0.5, 0.6) is 0 Å². The molecule has 1 fully saturated rings. The number of carbonyl (C=O) groups is 1. The molecule has 1 aromatic rings. The standard InChI is InChI=1S/C12H14ClN3O3/c1-7-4-11(16(18)19)9(13)5-10(7)15-8-2-3-12(17)14-6-8/h4-5,8,15H,2-3,6H2,1H3,(H,14,17). The van der Waals surface area contributed by atoms with Gasteiger partial charge in [0.1, 0.15) is 5.02 Å². The second-order valence-corrected chi connectivity index (χ2v) is 4.97. The Bertz CT molecular complexity index is 523. The van der Waals surface area contributed by atoms with Gasteiger partial charge in [-0.15, -0.1) is 0 Å². The highest BCUT2D eigenvalue weighted by molar-refractivity contribution is 6.33. The van der Waals surface area contributed by atoms with Gasteiger partial charge in [-0.3, -0.25) is 14.9 Å². The number of anilines is 1. The maximum Gasteiger partial charge on any atom is 0.288 e. The average molecular weight is 284 g/mol. The van der Waals surface area contributed by atoms with Gasteiger partial charge in [0.25, 0.3) is 5.69 Å². The topological polar surface area (TPSA) is 84.3 Å². The molecule has 1 aliphatic heterocycles. The van der Waals surface area contributed by atoms with E-state index in [2.05, 4.69) is 10.6 Å². The summed E-state index contributed by atoms with van der Waals surface area (Å²) >= 11 is 5.89. The predicted molar refractivity (Wildman–Crippen MR) is 72.5 cm³/mol. The Hall–Kier alpha value is -1.82. The first-order chi connectivity index (χ1) is 8.97. The predicted octanol–water partition coefficient (Wildman–Crippen LogP) is 2.25. The third-order valence-electron chi connectivity index (χ3n) is 3.12. The van der Waals surface area contributed by atoms with E-state index >= 15 is 0 Å². The molecule has 0 spiro atoms. The summed E-state index contributed by atoms with van der Waals surface area (Å²) in [5.41, 5.74) is 1.42. The molecule has 2 N–H and O–H groups in total. The first-order valence-corrected chi connectivity index (χ1v) is 6.33. The summed E-state index contributed by atoms with van der Waals surface area (Å²) in [5.74, 6) is 0.0523. The van der Waals surface area contributed by atoms with Crippen LogP contribution in [0.4, 0.5) is 11.4 Å². The van der Waals surface area contributed by atoms with Gasteiger partial charge in [-0.05, 0) is 25.0 Å². The lowest BCUT2D eigenvalue weighted by molar-refractivity contribution is -0.384. The van der Waals surface area contributed by atoms with Crippen molar-refractivity contribution in [3.05, 3.63) is 32.8 Å². The maximum absolute atomic E-state index is 11.1. The number of piperidine rings is 1. The fraction of sp³-hybridized carbons (Fsp3) is 0.417. The summed E-state index contributed by atoms with van der Waals surface area (Å²) in [5, 5.41) is 16.9. The minimum absolute atomic E-state index is 0.0523. The highest BCUT2D eigenvalue weighted by Gasteiger charge is 2.20. The van der Waals surface area contributed by atoms with Crippen LogP contribution in [0.1, 0.15) is 18.4 Å². The molecule has 1 heterocycles. The summed E-state index contributed by atoms with van der Waals surface area (Å²) < 4.78 is 0. The molecular formula is C12H14ClN3O3. The van der Waals surface area contributed by atoms with E-state index in [1.807, 2.05) is 0 Å². The summed E-state index contributed by atoms with van der Waals surface area (Å²) in [7, 11) is 0. The molecular weight excluding hydrogens is 270 g/mol. The molecule has 1 saturated heterocycles. The third-order valence-corrected chi connectivity index (χ3v) is 3.42.